The van der Waals surface area contributed by atoms with Gasteiger partial charge in [0, 0.05) is 18.7 Å². The third-order valence-corrected chi connectivity index (χ3v) is 5.73. The van der Waals surface area contributed by atoms with Crippen molar-refractivity contribution in [2.45, 2.75) is 44.8 Å². The van der Waals surface area contributed by atoms with Crippen molar-refractivity contribution in [3.63, 3.8) is 0 Å². The molecule has 1 heterocycles. The summed E-state index contributed by atoms with van der Waals surface area (Å²) in [6, 6.07) is 10.8. The predicted octanol–water partition coefficient (Wildman–Crippen LogP) is 4.26. The largest absolute Gasteiger partial charge is 0.481 e. The van der Waals surface area contributed by atoms with Crippen LogP contribution in [0.2, 0.25) is 5.02 Å². The Morgan fingerprint density at radius 1 is 0.946 bits per heavy atom. The van der Waals surface area contributed by atoms with E-state index in [1.54, 1.807) is 24.3 Å². The molecule has 0 atom stereocenters. The van der Waals surface area contributed by atoms with Crippen LogP contribution in [0.1, 0.15) is 46.3 Å². The molecule has 3 rings (SSSR count). The number of carbonyl (C=O) groups excluding carboxylic acids is 1. The molecule has 1 amide bonds. The average Bonchev–Trinajstić information content (AvgIpc) is 3.08. The zero-order valence-electron chi connectivity index (χ0n) is 20.0. The minimum absolute atomic E-state index is 0.296. The van der Waals surface area contributed by atoms with Crippen LogP contribution in [-0.2, 0) is 29.0 Å². The molecule has 1 aliphatic heterocycles. The molecule has 12 heteroatoms. The molecule has 0 unspecified atom stereocenters. The van der Waals surface area contributed by atoms with Crippen LogP contribution in [-0.4, -0.2) is 53.9 Å². The van der Waals surface area contributed by atoms with Gasteiger partial charge in [-0.25, -0.2) is 0 Å². The van der Waals surface area contributed by atoms with Gasteiger partial charge in [-0.3, -0.25) is 14.4 Å². The molecule has 2 aromatic rings. The van der Waals surface area contributed by atoms with E-state index >= 15 is 0 Å². The second-order valence-corrected chi connectivity index (χ2v) is 8.68. The lowest BCUT2D eigenvalue weighted by molar-refractivity contribution is -0.143. The highest BCUT2D eigenvalue weighted by Gasteiger charge is 2.26. The summed E-state index contributed by atoms with van der Waals surface area (Å²) in [4.78, 5) is 31.2. The molecule has 1 aliphatic rings. The standard InChI is InChI=1S/C21H23ClF3N3O.C4H6O4/c22-18-6-5-15-7-10-26-11-8-17(15)19(18)28-13-14-1-3-16(4-2-14)20(29)27-12-9-21(23,24)25;5-3(6)1-2-4(7)8/h1-6,26,28H,7-13H2,(H,27,29);1-2H2,(H,5,6)(H,7,8). The molecule has 202 valence electrons. The maximum atomic E-state index is 12.2. The smallest absolute Gasteiger partial charge is 0.390 e. The zero-order chi connectivity index (χ0) is 27.4. The lowest BCUT2D eigenvalue weighted by atomic mass is 10.0. The summed E-state index contributed by atoms with van der Waals surface area (Å²) in [6.07, 6.45) is -4.06. The van der Waals surface area contributed by atoms with Gasteiger partial charge in [-0.1, -0.05) is 29.8 Å². The van der Waals surface area contributed by atoms with Crippen LogP contribution < -0.4 is 16.0 Å². The van der Waals surface area contributed by atoms with E-state index in [1.807, 2.05) is 6.07 Å². The van der Waals surface area contributed by atoms with Gasteiger partial charge in [-0.05, 0) is 60.8 Å². The number of rotatable bonds is 9. The van der Waals surface area contributed by atoms with E-state index in [0.717, 1.165) is 37.2 Å². The van der Waals surface area contributed by atoms with Crippen molar-refractivity contribution < 1.29 is 37.8 Å². The van der Waals surface area contributed by atoms with Gasteiger partial charge in [0.15, 0.2) is 0 Å². The second-order valence-electron chi connectivity index (χ2n) is 8.27. The third kappa shape index (κ3) is 11.1. The third-order valence-electron chi connectivity index (χ3n) is 5.41. The van der Waals surface area contributed by atoms with Gasteiger partial charge >= 0.3 is 18.1 Å². The van der Waals surface area contributed by atoms with Crippen molar-refractivity contribution in [2.24, 2.45) is 0 Å². The lowest BCUT2D eigenvalue weighted by Crippen LogP contribution is -2.27. The van der Waals surface area contributed by atoms with E-state index in [9.17, 15) is 27.6 Å². The van der Waals surface area contributed by atoms with Crippen LogP contribution >= 0.6 is 11.6 Å². The fraction of sp³-hybridized carbons (Fsp3) is 0.400. The number of fused-ring (bicyclic) bond motifs is 1. The van der Waals surface area contributed by atoms with Gasteiger partial charge in [0.25, 0.3) is 5.91 Å². The minimum Gasteiger partial charge on any atom is -0.481 e. The summed E-state index contributed by atoms with van der Waals surface area (Å²) in [6.45, 7) is 1.94. The zero-order valence-corrected chi connectivity index (χ0v) is 20.7. The number of anilines is 1. The molecule has 0 radical (unpaired) electrons. The second kappa shape index (κ2) is 14.4. The number of carboxylic acid groups (broad SMARTS) is 2. The summed E-state index contributed by atoms with van der Waals surface area (Å²) in [7, 11) is 0. The van der Waals surface area contributed by atoms with Crippen LogP contribution in [0.15, 0.2) is 36.4 Å². The van der Waals surface area contributed by atoms with Gasteiger partial charge in [-0.2, -0.15) is 13.2 Å². The number of amides is 1. The van der Waals surface area contributed by atoms with Gasteiger partial charge < -0.3 is 26.2 Å². The molecule has 37 heavy (non-hydrogen) atoms. The Hall–Kier alpha value is -3.31. The molecule has 8 nitrogen and oxygen atoms in total. The van der Waals surface area contributed by atoms with E-state index in [2.05, 4.69) is 22.0 Å². The SMILES string of the molecule is O=C(NCCC(F)(F)F)c1ccc(CNc2c(Cl)ccc3c2CCNCC3)cc1.O=C(O)CCC(=O)O. The predicted molar refractivity (Wildman–Crippen MR) is 133 cm³/mol. The highest BCUT2D eigenvalue weighted by molar-refractivity contribution is 6.33. The number of hydrogen-bond acceptors (Lipinski definition) is 5. The van der Waals surface area contributed by atoms with Crippen molar-refractivity contribution in [2.75, 3.05) is 25.0 Å². The molecule has 0 saturated carbocycles. The number of carbonyl (C=O) groups is 3. The lowest BCUT2D eigenvalue weighted by Gasteiger charge is -2.16. The Kier molecular flexibility index (Phi) is 11.7. The van der Waals surface area contributed by atoms with E-state index in [0.29, 0.717) is 17.1 Å². The van der Waals surface area contributed by atoms with Gasteiger partial charge in [0.05, 0.1) is 30.0 Å². The normalized spacial score (nSPS) is 12.9. The first-order valence-electron chi connectivity index (χ1n) is 11.6. The summed E-state index contributed by atoms with van der Waals surface area (Å²) in [5.41, 5.74) is 4.71. The number of benzene rings is 2. The summed E-state index contributed by atoms with van der Waals surface area (Å²) in [5.74, 6) is -2.67. The van der Waals surface area contributed by atoms with Gasteiger partial charge in [0.2, 0.25) is 0 Å². The van der Waals surface area contributed by atoms with Crippen LogP contribution in [0.4, 0.5) is 18.9 Å². The van der Waals surface area contributed by atoms with Crippen molar-refractivity contribution >= 4 is 35.1 Å². The number of halogens is 4. The van der Waals surface area contributed by atoms with Crippen LogP contribution in [0.5, 0.6) is 0 Å². The topological polar surface area (TPSA) is 128 Å². The minimum atomic E-state index is -4.28. The highest BCUT2D eigenvalue weighted by Crippen LogP contribution is 2.31. The van der Waals surface area contributed by atoms with E-state index < -0.39 is 37.0 Å². The molecule has 0 aromatic heterocycles. The quantitative estimate of drug-likeness (QED) is 0.320. The first kappa shape index (κ1) is 29.9. The van der Waals surface area contributed by atoms with Crippen LogP contribution in [0.3, 0.4) is 0 Å². The Morgan fingerprint density at radius 3 is 2.16 bits per heavy atom. The van der Waals surface area contributed by atoms with Crippen LogP contribution in [0.25, 0.3) is 0 Å². The molecular formula is C25H29ClF3N3O5. The number of alkyl halides is 3. The fourth-order valence-electron chi connectivity index (χ4n) is 3.53. The molecule has 0 bridgehead atoms. The molecule has 2 aromatic carbocycles. The first-order chi connectivity index (χ1) is 17.5. The van der Waals surface area contributed by atoms with Gasteiger partial charge in [-0.15, -0.1) is 0 Å². The molecule has 0 fully saturated rings. The number of nitrogens with one attached hydrogen (secondary N) is 3. The van der Waals surface area contributed by atoms with Crippen molar-refractivity contribution in [3.8, 4) is 0 Å². The average molecular weight is 544 g/mol. The number of hydrogen-bond donors (Lipinski definition) is 5. The maximum Gasteiger partial charge on any atom is 0.390 e. The number of carboxylic acids is 2. The van der Waals surface area contributed by atoms with Crippen LogP contribution in [0, 0.1) is 0 Å². The Bertz CT molecular complexity index is 1060. The van der Waals surface area contributed by atoms with Crippen molar-refractivity contribution in [1.29, 1.82) is 0 Å². The Labute approximate surface area is 217 Å². The molecule has 0 spiro atoms. The van der Waals surface area contributed by atoms with Crippen molar-refractivity contribution in [1.82, 2.24) is 10.6 Å². The van der Waals surface area contributed by atoms with E-state index in [4.69, 9.17) is 21.8 Å². The fourth-order valence-corrected chi connectivity index (χ4v) is 3.78. The van der Waals surface area contributed by atoms with E-state index in [-0.39, 0.29) is 12.8 Å². The molecular weight excluding hydrogens is 515 g/mol. The summed E-state index contributed by atoms with van der Waals surface area (Å²) < 4.78 is 36.5. The summed E-state index contributed by atoms with van der Waals surface area (Å²) in [5, 5.41) is 25.5. The first-order valence-corrected chi connectivity index (χ1v) is 12.0. The Balaban J connectivity index is 0.000000521. The van der Waals surface area contributed by atoms with Gasteiger partial charge in [0.1, 0.15) is 0 Å². The van der Waals surface area contributed by atoms with E-state index in [1.165, 1.54) is 11.1 Å². The number of aliphatic carboxylic acids is 2. The molecule has 0 saturated heterocycles. The maximum absolute atomic E-state index is 12.2. The van der Waals surface area contributed by atoms with Crippen molar-refractivity contribution in [3.05, 3.63) is 63.7 Å². The summed E-state index contributed by atoms with van der Waals surface area (Å²) >= 11 is 6.41. The molecule has 5 N–H and O–H groups in total. The molecule has 0 aliphatic carbocycles. The Morgan fingerprint density at radius 2 is 1.57 bits per heavy atom. The monoisotopic (exact) mass is 543 g/mol. The highest BCUT2D eigenvalue weighted by atomic mass is 35.5.